The molecule has 0 aliphatic carbocycles. The number of halogens is 3. The molecule has 29 heavy (non-hydrogen) atoms. The topological polar surface area (TPSA) is 49.9 Å². The van der Waals surface area contributed by atoms with Crippen molar-refractivity contribution in [1.82, 2.24) is 4.31 Å². The zero-order chi connectivity index (χ0) is 21.2. The maximum atomic E-state index is 12.7. The van der Waals surface area contributed by atoms with Gasteiger partial charge in [0.25, 0.3) is 0 Å². The fraction of sp³-hybridized carbons (Fsp3) is 0.263. The van der Waals surface area contributed by atoms with Crippen LogP contribution in [0.25, 0.3) is 0 Å². The van der Waals surface area contributed by atoms with E-state index in [4.69, 9.17) is 0 Å². The Morgan fingerprint density at radius 2 is 1.83 bits per heavy atom. The molecule has 0 fully saturated rings. The third kappa shape index (κ3) is 5.60. The molecule has 0 radical (unpaired) electrons. The van der Waals surface area contributed by atoms with Crippen molar-refractivity contribution in [2.75, 3.05) is 11.2 Å². The lowest BCUT2D eigenvalue weighted by molar-refractivity contribution is -0.274. The standard InChI is InChI=1S/C19H19F3N2O3S2/c1-14-12-24(29(2,25)26)18(28-14)23(13-15-7-4-3-5-8-15)16-9-6-10-17(11-16)27-19(20,21)22/h3-12,18H,13H2,1-2H3. The molecule has 0 amide bonds. The highest BCUT2D eigenvalue weighted by Crippen LogP contribution is 2.40. The van der Waals surface area contributed by atoms with Gasteiger partial charge in [-0.15, -0.1) is 13.2 Å². The first kappa shape index (κ1) is 21.4. The van der Waals surface area contributed by atoms with Gasteiger partial charge in [-0.25, -0.2) is 12.7 Å². The highest BCUT2D eigenvalue weighted by Gasteiger charge is 2.36. The number of anilines is 1. The van der Waals surface area contributed by atoms with E-state index in [1.54, 1.807) is 17.9 Å². The van der Waals surface area contributed by atoms with Crippen LogP contribution in [0.1, 0.15) is 12.5 Å². The van der Waals surface area contributed by atoms with E-state index in [1.165, 1.54) is 40.5 Å². The van der Waals surface area contributed by atoms with E-state index in [2.05, 4.69) is 4.74 Å². The van der Waals surface area contributed by atoms with Gasteiger partial charge < -0.3 is 9.64 Å². The van der Waals surface area contributed by atoms with Crippen molar-refractivity contribution < 1.29 is 26.3 Å². The number of ether oxygens (including phenoxy) is 1. The molecule has 1 atom stereocenters. The van der Waals surface area contributed by atoms with Crippen LogP contribution in [0.15, 0.2) is 65.7 Å². The Morgan fingerprint density at radius 3 is 2.45 bits per heavy atom. The van der Waals surface area contributed by atoms with Crippen LogP contribution >= 0.6 is 11.8 Å². The summed E-state index contributed by atoms with van der Waals surface area (Å²) in [5.74, 6) is -0.369. The lowest BCUT2D eigenvalue weighted by atomic mass is 10.2. The van der Waals surface area contributed by atoms with Crippen molar-refractivity contribution in [3.05, 3.63) is 71.3 Å². The van der Waals surface area contributed by atoms with Crippen molar-refractivity contribution in [3.8, 4) is 5.75 Å². The number of hydrogen-bond acceptors (Lipinski definition) is 5. The summed E-state index contributed by atoms with van der Waals surface area (Å²) in [6.45, 7) is 2.08. The largest absolute Gasteiger partial charge is 0.573 e. The molecule has 2 aromatic carbocycles. The van der Waals surface area contributed by atoms with Crippen LogP contribution in [0.5, 0.6) is 5.75 Å². The SMILES string of the molecule is CC1=CN(S(C)(=O)=O)C(N(Cc2ccccc2)c2cccc(OC(F)(F)F)c2)S1. The summed E-state index contributed by atoms with van der Waals surface area (Å²) >= 11 is 1.31. The molecule has 2 aromatic rings. The Bertz CT molecular complexity index is 995. The van der Waals surface area contributed by atoms with E-state index in [-0.39, 0.29) is 5.75 Å². The number of hydrogen-bond donors (Lipinski definition) is 0. The van der Waals surface area contributed by atoms with Gasteiger partial charge in [0.1, 0.15) is 5.75 Å². The van der Waals surface area contributed by atoms with Gasteiger partial charge in [-0.2, -0.15) is 0 Å². The van der Waals surface area contributed by atoms with Crippen molar-refractivity contribution in [1.29, 1.82) is 0 Å². The van der Waals surface area contributed by atoms with Gasteiger partial charge in [-0.1, -0.05) is 48.2 Å². The molecule has 5 nitrogen and oxygen atoms in total. The van der Waals surface area contributed by atoms with E-state index >= 15 is 0 Å². The molecule has 0 bridgehead atoms. The van der Waals surface area contributed by atoms with Crippen LogP contribution in [0, 0.1) is 0 Å². The van der Waals surface area contributed by atoms with Crippen LogP contribution in [0.4, 0.5) is 18.9 Å². The molecular formula is C19H19F3N2O3S2. The molecule has 3 rings (SSSR count). The minimum absolute atomic E-state index is 0.293. The first-order valence-electron chi connectivity index (χ1n) is 8.53. The Labute approximate surface area is 171 Å². The second kappa shape index (κ2) is 8.19. The van der Waals surface area contributed by atoms with E-state index in [0.29, 0.717) is 12.2 Å². The van der Waals surface area contributed by atoms with Gasteiger partial charge in [0.05, 0.1) is 6.26 Å². The van der Waals surface area contributed by atoms with Crippen molar-refractivity contribution >= 4 is 27.5 Å². The summed E-state index contributed by atoms with van der Waals surface area (Å²) in [6.07, 6.45) is -2.19. The predicted octanol–water partition coefficient (Wildman–Crippen LogP) is 4.75. The van der Waals surface area contributed by atoms with Crippen molar-refractivity contribution in [3.63, 3.8) is 0 Å². The number of alkyl halides is 3. The molecule has 0 spiro atoms. The number of allylic oxidation sites excluding steroid dienone is 1. The molecular weight excluding hydrogens is 425 g/mol. The fourth-order valence-electron chi connectivity index (χ4n) is 2.89. The van der Waals surface area contributed by atoms with Gasteiger partial charge >= 0.3 is 6.36 Å². The highest BCUT2D eigenvalue weighted by molar-refractivity contribution is 8.04. The summed E-state index contributed by atoms with van der Waals surface area (Å²) in [7, 11) is -3.59. The fourth-order valence-corrected chi connectivity index (χ4v) is 5.34. The lowest BCUT2D eigenvalue weighted by Crippen LogP contribution is -2.44. The molecule has 156 valence electrons. The average Bonchev–Trinajstić information content (AvgIpc) is 3.01. The van der Waals surface area contributed by atoms with Crippen LogP contribution < -0.4 is 9.64 Å². The molecule has 1 aliphatic heterocycles. The number of nitrogens with zero attached hydrogens (tertiary/aromatic N) is 2. The number of rotatable bonds is 6. The van der Waals surface area contributed by atoms with Crippen molar-refractivity contribution in [2.24, 2.45) is 0 Å². The summed E-state index contributed by atoms with van der Waals surface area (Å²) < 4.78 is 67.8. The summed E-state index contributed by atoms with van der Waals surface area (Å²) in [4.78, 5) is 2.51. The first-order valence-corrected chi connectivity index (χ1v) is 11.3. The average molecular weight is 445 g/mol. The maximum Gasteiger partial charge on any atom is 0.573 e. The molecule has 10 heteroatoms. The monoisotopic (exact) mass is 444 g/mol. The molecule has 0 aromatic heterocycles. The minimum Gasteiger partial charge on any atom is -0.406 e. The van der Waals surface area contributed by atoms with Gasteiger partial charge in [-0.05, 0) is 24.6 Å². The smallest absolute Gasteiger partial charge is 0.406 e. The Kier molecular flexibility index (Phi) is 6.04. The zero-order valence-electron chi connectivity index (χ0n) is 15.6. The number of sulfonamides is 1. The molecule has 1 aliphatic rings. The molecule has 1 unspecified atom stereocenters. The second-order valence-electron chi connectivity index (χ2n) is 6.44. The summed E-state index contributed by atoms with van der Waals surface area (Å²) in [5, 5.41) is 0. The Hall–Kier alpha value is -2.33. The van der Waals surface area contributed by atoms with Gasteiger partial charge in [-0.3, -0.25) is 0 Å². The summed E-state index contributed by atoms with van der Waals surface area (Å²) in [6, 6.07) is 14.8. The Morgan fingerprint density at radius 1 is 1.14 bits per heavy atom. The van der Waals surface area contributed by atoms with Crippen LogP contribution in [0.3, 0.4) is 0 Å². The second-order valence-corrected chi connectivity index (χ2v) is 9.62. The van der Waals surface area contributed by atoms with Crippen LogP contribution in [-0.2, 0) is 16.6 Å². The predicted molar refractivity (Wildman–Crippen MR) is 108 cm³/mol. The quantitative estimate of drug-likeness (QED) is 0.644. The Balaban J connectivity index is 2.01. The number of benzene rings is 2. The van der Waals surface area contributed by atoms with E-state index in [0.717, 1.165) is 16.7 Å². The zero-order valence-corrected chi connectivity index (χ0v) is 17.3. The highest BCUT2D eigenvalue weighted by atomic mass is 32.2. The van der Waals surface area contributed by atoms with Crippen LogP contribution in [0.2, 0.25) is 0 Å². The summed E-state index contributed by atoms with van der Waals surface area (Å²) in [5.41, 5.74) is 0.615. The molecule has 0 saturated carbocycles. The third-order valence-electron chi connectivity index (χ3n) is 4.05. The van der Waals surface area contributed by atoms with E-state index in [1.807, 2.05) is 30.3 Å². The maximum absolute atomic E-state index is 12.7. The van der Waals surface area contributed by atoms with E-state index in [9.17, 15) is 21.6 Å². The molecule has 0 N–H and O–H groups in total. The normalized spacial score (nSPS) is 17.2. The first-order chi connectivity index (χ1) is 13.5. The minimum atomic E-state index is -4.82. The van der Waals surface area contributed by atoms with Gasteiger partial charge in [0.15, 0.2) is 5.50 Å². The third-order valence-corrected chi connectivity index (χ3v) is 6.42. The molecule has 1 heterocycles. The van der Waals surface area contributed by atoms with E-state index < -0.39 is 21.9 Å². The molecule has 0 saturated heterocycles. The number of thioether (sulfide) groups is 1. The van der Waals surface area contributed by atoms with Crippen LogP contribution in [-0.4, -0.2) is 30.8 Å². The lowest BCUT2D eigenvalue weighted by Gasteiger charge is -2.35. The van der Waals surface area contributed by atoms with Gasteiger partial charge in [0.2, 0.25) is 10.0 Å². The van der Waals surface area contributed by atoms with Gasteiger partial charge in [0, 0.05) is 29.4 Å². The van der Waals surface area contributed by atoms with Crippen molar-refractivity contribution in [2.45, 2.75) is 25.3 Å².